The predicted octanol–water partition coefficient (Wildman–Crippen LogP) is 1.18. The van der Waals surface area contributed by atoms with Crippen molar-refractivity contribution in [2.24, 2.45) is 0 Å². The first-order valence-corrected chi connectivity index (χ1v) is 6.04. The molecule has 1 fully saturated rings. The number of methoxy groups -OCH3 is 1. The Hall–Kier alpha value is -1.69. The zero-order valence-corrected chi connectivity index (χ0v) is 10.4. The van der Waals surface area contributed by atoms with Crippen molar-refractivity contribution in [1.82, 2.24) is 9.97 Å². The molecule has 0 aliphatic carbocycles. The molecule has 2 rings (SSSR count). The van der Waals surface area contributed by atoms with Crippen molar-refractivity contribution < 1.29 is 14.6 Å². The lowest BCUT2D eigenvalue weighted by molar-refractivity contribution is 0.0696. The lowest BCUT2D eigenvalue weighted by atomic mass is 10.2. The molecule has 1 atom stereocenters. The van der Waals surface area contributed by atoms with Crippen LogP contribution in [0.2, 0.25) is 0 Å². The zero-order chi connectivity index (χ0) is 13.0. The van der Waals surface area contributed by atoms with Gasteiger partial charge in [-0.15, -0.1) is 0 Å². The summed E-state index contributed by atoms with van der Waals surface area (Å²) in [7, 11) is 1.73. The number of ether oxygens (including phenoxy) is 1. The summed E-state index contributed by atoms with van der Waals surface area (Å²) in [6.07, 6.45) is 6.02. The van der Waals surface area contributed by atoms with Crippen LogP contribution >= 0.6 is 0 Å². The van der Waals surface area contributed by atoms with E-state index in [1.54, 1.807) is 7.11 Å². The summed E-state index contributed by atoms with van der Waals surface area (Å²) in [5.41, 5.74) is 0.114. The molecule has 1 N–H and O–H groups in total. The summed E-state index contributed by atoms with van der Waals surface area (Å²) < 4.78 is 5.36. The molecule has 0 bridgehead atoms. The molecule has 1 aromatic heterocycles. The van der Waals surface area contributed by atoms with Crippen LogP contribution in [-0.4, -0.2) is 47.3 Å². The zero-order valence-electron chi connectivity index (χ0n) is 10.4. The van der Waals surface area contributed by atoms with E-state index >= 15 is 0 Å². The SMILES string of the molecule is COC1CCCN(c2ncc(C(=O)O)cn2)CC1. The van der Waals surface area contributed by atoms with Gasteiger partial charge in [-0.2, -0.15) is 0 Å². The highest BCUT2D eigenvalue weighted by molar-refractivity contribution is 5.86. The van der Waals surface area contributed by atoms with Gasteiger partial charge in [-0.25, -0.2) is 14.8 Å². The van der Waals surface area contributed by atoms with Crippen LogP contribution in [0.4, 0.5) is 5.95 Å². The van der Waals surface area contributed by atoms with E-state index in [1.165, 1.54) is 12.4 Å². The average Bonchev–Trinajstić information content (AvgIpc) is 2.64. The van der Waals surface area contributed by atoms with Gasteiger partial charge in [0, 0.05) is 32.6 Å². The fourth-order valence-corrected chi connectivity index (χ4v) is 2.10. The van der Waals surface area contributed by atoms with Gasteiger partial charge < -0.3 is 14.7 Å². The van der Waals surface area contributed by atoms with Gasteiger partial charge in [0.25, 0.3) is 0 Å². The number of aromatic nitrogens is 2. The molecule has 1 unspecified atom stereocenters. The highest BCUT2D eigenvalue weighted by Crippen LogP contribution is 2.17. The van der Waals surface area contributed by atoms with E-state index in [1.807, 2.05) is 0 Å². The van der Waals surface area contributed by atoms with E-state index < -0.39 is 5.97 Å². The van der Waals surface area contributed by atoms with Crippen LogP contribution in [0.3, 0.4) is 0 Å². The Bertz CT molecular complexity index is 408. The first-order valence-electron chi connectivity index (χ1n) is 6.04. The van der Waals surface area contributed by atoms with Crippen molar-refractivity contribution in [3.05, 3.63) is 18.0 Å². The molecule has 2 heterocycles. The van der Waals surface area contributed by atoms with Crippen molar-refractivity contribution in [3.63, 3.8) is 0 Å². The molecule has 0 aromatic carbocycles. The van der Waals surface area contributed by atoms with Crippen LogP contribution in [0.25, 0.3) is 0 Å². The second kappa shape index (κ2) is 5.77. The van der Waals surface area contributed by atoms with Gasteiger partial charge in [0.1, 0.15) is 0 Å². The largest absolute Gasteiger partial charge is 0.478 e. The van der Waals surface area contributed by atoms with Gasteiger partial charge in [-0.05, 0) is 19.3 Å². The Labute approximate surface area is 106 Å². The van der Waals surface area contributed by atoms with Crippen LogP contribution in [0.1, 0.15) is 29.6 Å². The van der Waals surface area contributed by atoms with E-state index in [-0.39, 0.29) is 5.56 Å². The Morgan fingerprint density at radius 2 is 2.11 bits per heavy atom. The molecule has 0 radical (unpaired) electrons. The van der Waals surface area contributed by atoms with E-state index in [4.69, 9.17) is 9.84 Å². The lowest BCUT2D eigenvalue weighted by Gasteiger charge is -2.20. The quantitative estimate of drug-likeness (QED) is 0.869. The number of anilines is 1. The van der Waals surface area contributed by atoms with Crippen LogP contribution in [-0.2, 0) is 4.74 Å². The lowest BCUT2D eigenvalue weighted by Crippen LogP contribution is -2.26. The smallest absolute Gasteiger partial charge is 0.338 e. The summed E-state index contributed by atoms with van der Waals surface area (Å²) in [5, 5.41) is 8.79. The molecule has 1 aliphatic heterocycles. The van der Waals surface area contributed by atoms with Crippen molar-refractivity contribution in [2.75, 3.05) is 25.1 Å². The van der Waals surface area contributed by atoms with Crippen LogP contribution in [0, 0.1) is 0 Å². The first kappa shape index (κ1) is 12.8. The Morgan fingerprint density at radius 1 is 1.39 bits per heavy atom. The molecule has 0 amide bonds. The molecule has 6 nitrogen and oxygen atoms in total. The van der Waals surface area contributed by atoms with Gasteiger partial charge in [0.05, 0.1) is 11.7 Å². The van der Waals surface area contributed by atoms with Gasteiger partial charge in [-0.1, -0.05) is 0 Å². The van der Waals surface area contributed by atoms with Gasteiger partial charge in [-0.3, -0.25) is 0 Å². The molecule has 1 saturated heterocycles. The third kappa shape index (κ3) is 2.95. The second-order valence-corrected chi connectivity index (χ2v) is 4.35. The first-order chi connectivity index (χ1) is 8.70. The molecule has 0 saturated carbocycles. The molecule has 6 heteroatoms. The van der Waals surface area contributed by atoms with E-state index in [0.29, 0.717) is 12.1 Å². The highest BCUT2D eigenvalue weighted by Gasteiger charge is 2.18. The molecule has 1 aromatic rings. The van der Waals surface area contributed by atoms with Crippen molar-refractivity contribution in [3.8, 4) is 0 Å². The minimum atomic E-state index is -1.00. The molecule has 18 heavy (non-hydrogen) atoms. The third-order valence-electron chi connectivity index (χ3n) is 3.18. The van der Waals surface area contributed by atoms with Gasteiger partial charge in [0.2, 0.25) is 5.95 Å². The van der Waals surface area contributed by atoms with E-state index in [2.05, 4.69) is 14.9 Å². The summed E-state index contributed by atoms with van der Waals surface area (Å²) in [6.45, 7) is 1.72. The maximum atomic E-state index is 10.7. The molecule has 98 valence electrons. The van der Waals surface area contributed by atoms with Crippen LogP contribution < -0.4 is 4.90 Å². The standard InChI is InChI=1S/C12H17N3O3/c1-18-10-3-2-5-15(6-4-10)12-13-7-9(8-14-12)11(16)17/h7-8,10H,2-6H2,1H3,(H,16,17). The minimum Gasteiger partial charge on any atom is -0.478 e. The number of rotatable bonds is 3. The number of hydrogen-bond acceptors (Lipinski definition) is 5. The number of hydrogen-bond donors (Lipinski definition) is 1. The predicted molar refractivity (Wildman–Crippen MR) is 65.9 cm³/mol. The van der Waals surface area contributed by atoms with E-state index in [9.17, 15) is 4.79 Å². The number of carboxylic acids is 1. The maximum absolute atomic E-state index is 10.7. The topological polar surface area (TPSA) is 75.5 Å². The molecule has 0 spiro atoms. The number of aromatic carboxylic acids is 1. The Kier molecular flexibility index (Phi) is 4.09. The molecular weight excluding hydrogens is 234 g/mol. The van der Waals surface area contributed by atoms with Crippen molar-refractivity contribution >= 4 is 11.9 Å². The fraction of sp³-hybridized carbons (Fsp3) is 0.583. The molecule has 1 aliphatic rings. The summed E-state index contributed by atoms with van der Waals surface area (Å²) in [5.74, 6) is -0.409. The van der Waals surface area contributed by atoms with Gasteiger partial charge in [0.15, 0.2) is 0 Å². The fourth-order valence-electron chi connectivity index (χ4n) is 2.10. The van der Waals surface area contributed by atoms with Crippen molar-refractivity contribution in [2.45, 2.75) is 25.4 Å². The second-order valence-electron chi connectivity index (χ2n) is 4.35. The number of nitrogens with zero attached hydrogens (tertiary/aromatic N) is 3. The summed E-state index contributed by atoms with van der Waals surface area (Å²) >= 11 is 0. The molecular formula is C12H17N3O3. The van der Waals surface area contributed by atoms with Crippen LogP contribution in [0.15, 0.2) is 12.4 Å². The van der Waals surface area contributed by atoms with Gasteiger partial charge >= 0.3 is 5.97 Å². The minimum absolute atomic E-state index is 0.114. The van der Waals surface area contributed by atoms with E-state index in [0.717, 1.165) is 32.4 Å². The number of carbonyl (C=O) groups is 1. The highest BCUT2D eigenvalue weighted by atomic mass is 16.5. The monoisotopic (exact) mass is 251 g/mol. The third-order valence-corrected chi connectivity index (χ3v) is 3.18. The Balaban J connectivity index is 2.04. The Morgan fingerprint density at radius 3 is 2.72 bits per heavy atom. The van der Waals surface area contributed by atoms with Crippen molar-refractivity contribution in [1.29, 1.82) is 0 Å². The van der Waals surface area contributed by atoms with Crippen LogP contribution in [0.5, 0.6) is 0 Å². The summed E-state index contributed by atoms with van der Waals surface area (Å²) in [4.78, 5) is 21.0. The maximum Gasteiger partial charge on any atom is 0.338 e. The average molecular weight is 251 g/mol. The number of carboxylic acid groups (broad SMARTS) is 1. The summed E-state index contributed by atoms with van der Waals surface area (Å²) in [6, 6.07) is 0. The normalized spacial score (nSPS) is 20.5.